The Hall–Kier alpha value is -1.79. The molecule has 0 aliphatic heterocycles. The van der Waals surface area contributed by atoms with E-state index < -0.39 is 20.9 Å². The number of benzene rings is 2. The van der Waals surface area contributed by atoms with Gasteiger partial charge in [0.15, 0.2) is 0 Å². The first-order valence-electron chi connectivity index (χ1n) is 5.00. The zero-order valence-electron chi connectivity index (χ0n) is 8.92. The topological polar surface area (TPSA) is 47.6 Å². The first-order chi connectivity index (χ1) is 8.31. The van der Waals surface area contributed by atoms with E-state index in [0.29, 0.717) is 11.1 Å². The van der Waals surface area contributed by atoms with Crippen LogP contribution in [0.5, 0.6) is 0 Å². The van der Waals surface area contributed by atoms with E-state index in [0.717, 1.165) is 0 Å². The summed E-state index contributed by atoms with van der Waals surface area (Å²) in [5, 5.41) is 17.4. The SMILES string of the molecule is N#Cc1ccc([Te]c2ccc(C#N)cc2)cc1. The van der Waals surface area contributed by atoms with Crippen molar-refractivity contribution in [3.63, 3.8) is 0 Å². The molecule has 0 amide bonds. The Kier molecular flexibility index (Phi) is 3.79. The van der Waals surface area contributed by atoms with Crippen molar-refractivity contribution in [1.29, 1.82) is 10.5 Å². The molecule has 3 heteroatoms. The molecule has 2 aromatic rings. The summed E-state index contributed by atoms with van der Waals surface area (Å²) in [4.78, 5) is 0. The number of rotatable bonds is 2. The van der Waals surface area contributed by atoms with Crippen molar-refractivity contribution in [3.8, 4) is 12.1 Å². The number of hydrogen-bond donors (Lipinski definition) is 0. The Morgan fingerprint density at radius 3 is 1.29 bits per heavy atom. The van der Waals surface area contributed by atoms with E-state index in [4.69, 9.17) is 10.5 Å². The second-order valence-electron chi connectivity index (χ2n) is 3.37. The van der Waals surface area contributed by atoms with Gasteiger partial charge < -0.3 is 0 Å². The summed E-state index contributed by atoms with van der Waals surface area (Å²) in [6.07, 6.45) is 0. The summed E-state index contributed by atoms with van der Waals surface area (Å²) in [6, 6.07) is 19.7. The Bertz CT molecular complexity index is 531. The molecule has 0 fully saturated rings. The minimum atomic E-state index is -0.416. The van der Waals surface area contributed by atoms with Crippen molar-refractivity contribution < 1.29 is 0 Å². The van der Waals surface area contributed by atoms with Gasteiger partial charge in [-0.25, -0.2) is 0 Å². The fourth-order valence-corrected chi connectivity index (χ4v) is 3.66. The molecule has 0 N–H and O–H groups in total. The van der Waals surface area contributed by atoms with Gasteiger partial charge in [-0.15, -0.1) is 0 Å². The van der Waals surface area contributed by atoms with E-state index in [1.807, 2.05) is 48.5 Å². The van der Waals surface area contributed by atoms with Crippen LogP contribution in [0.4, 0.5) is 0 Å². The molecule has 0 bridgehead atoms. The summed E-state index contributed by atoms with van der Waals surface area (Å²) in [5.41, 5.74) is 1.39. The van der Waals surface area contributed by atoms with Crippen LogP contribution in [-0.4, -0.2) is 20.9 Å². The average Bonchev–Trinajstić information content (AvgIpc) is 2.40. The standard InChI is InChI=1S/C14H8N2Te/c15-9-11-1-5-13(6-2-11)17-14-7-3-12(10-16)4-8-14/h1-8H. The van der Waals surface area contributed by atoms with Crippen LogP contribution in [0.1, 0.15) is 11.1 Å². The quantitative estimate of drug-likeness (QED) is 0.773. The fraction of sp³-hybridized carbons (Fsp3) is 0. The van der Waals surface area contributed by atoms with Crippen molar-refractivity contribution in [3.05, 3.63) is 59.7 Å². The van der Waals surface area contributed by atoms with Crippen molar-refractivity contribution in [1.82, 2.24) is 0 Å². The van der Waals surface area contributed by atoms with E-state index in [9.17, 15) is 0 Å². The maximum absolute atomic E-state index is 8.71. The summed E-state index contributed by atoms with van der Waals surface area (Å²) in [6.45, 7) is 0. The van der Waals surface area contributed by atoms with Gasteiger partial charge in [0.1, 0.15) is 0 Å². The zero-order valence-corrected chi connectivity index (χ0v) is 11.3. The molecule has 0 unspecified atom stereocenters. The van der Waals surface area contributed by atoms with Gasteiger partial charge >= 0.3 is 110 Å². The van der Waals surface area contributed by atoms with E-state index in [1.165, 1.54) is 7.22 Å². The monoisotopic (exact) mass is 334 g/mol. The van der Waals surface area contributed by atoms with Gasteiger partial charge in [0, 0.05) is 0 Å². The van der Waals surface area contributed by atoms with Crippen molar-refractivity contribution in [2.24, 2.45) is 0 Å². The average molecular weight is 332 g/mol. The Morgan fingerprint density at radius 2 is 1.00 bits per heavy atom. The van der Waals surface area contributed by atoms with Crippen LogP contribution in [0.3, 0.4) is 0 Å². The summed E-state index contributed by atoms with van der Waals surface area (Å²) in [7, 11) is 0. The molecule has 0 radical (unpaired) electrons. The zero-order chi connectivity index (χ0) is 12.1. The molecule has 0 heterocycles. The molecule has 0 aliphatic rings. The molecule has 2 rings (SSSR count). The van der Waals surface area contributed by atoms with Crippen LogP contribution in [0.25, 0.3) is 0 Å². The second-order valence-corrected chi connectivity index (χ2v) is 6.65. The Morgan fingerprint density at radius 1 is 0.647 bits per heavy atom. The van der Waals surface area contributed by atoms with Crippen LogP contribution in [0.2, 0.25) is 0 Å². The molecule has 0 aromatic heterocycles. The van der Waals surface area contributed by atoms with Gasteiger partial charge in [-0.1, -0.05) is 0 Å². The van der Waals surface area contributed by atoms with Crippen LogP contribution in [-0.2, 0) is 0 Å². The van der Waals surface area contributed by atoms with E-state index in [2.05, 4.69) is 12.1 Å². The number of nitrogens with zero attached hydrogens (tertiary/aromatic N) is 2. The molecule has 2 nitrogen and oxygen atoms in total. The van der Waals surface area contributed by atoms with Gasteiger partial charge in [-0.3, -0.25) is 0 Å². The Labute approximate surface area is 110 Å². The van der Waals surface area contributed by atoms with Gasteiger partial charge in [0.25, 0.3) is 0 Å². The molecular formula is C14H8N2Te. The van der Waals surface area contributed by atoms with Gasteiger partial charge in [0.05, 0.1) is 0 Å². The van der Waals surface area contributed by atoms with Crippen LogP contribution >= 0.6 is 0 Å². The van der Waals surface area contributed by atoms with E-state index in [1.54, 1.807) is 0 Å². The molecular weight excluding hydrogens is 324 g/mol. The summed E-state index contributed by atoms with van der Waals surface area (Å²) in [5.74, 6) is 0. The molecule has 80 valence electrons. The van der Waals surface area contributed by atoms with Crippen molar-refractivity contribution in [2.75, 3.05) is 0 Å². The molecule has 0 saturated carbocycles. The first-order valence-corrected chi connectivity index (χ1v) is 7.33. The van der Waals surface area contributed by atoms with E-state index in [-0.39, 0.29) is 0 Å². The van der Waals surface area contributed by atoms with Crippen LogP contribution in [0, 0.1) is 22.7 Å². The predicted molar refractivity (Wildman–Crippen MR) is 67.3 cm³/mol. The minimum absolute atomic E-state index is 0.416. The third-order valence-corrected chi connectivity index (χ3v) is 5.10. The van der Waals surface area contributed by atoms with Crippen LogP contribution in [0.15, 0.2) is 48.5 Å². The van der Waals surface area contributed by atoms with Crippen LogP contribution < -0.4 is 7.22 Å². The van der Waals surface area contributed by atoms with Gasteiger partial charge in [0.2, 0.25) is 0 Å². The number of hydrogen-bond acceptors (Lipinski definition) is 2. The molecule has 0 spiro atoms. The van der Waals surface area contributed by atoms with Gasteiger partial charge in [-0.2, -0.15) is 0 Å². The normalized spacial score (nSPS) is 9.29. The first kappa shape index (κ1) is 11.7. The maximum atomic E-state index is 8.71. The fourth-order valence-electron chi connectivity index (χ4n) is 1.33. The molecule has 0 atom stereocenters. The third kappa shape index (κ3) is 3.08. The van der Waals surface area contributed by atoms with E-state index >= 15 is 0 Å². The van der Waals surface area contributed by atoms with Crippen molar-refractivity contribution in [2.45, 2.75) is 0 Å². The summed E-state index contributed by atoms with van der Waals surface area (Å²) >= 11 is -0.416. The predicted octanol–water partition coefficient (Wildman–Crippen LogP) is 1.08. The van der Waals surface area contributed by atoms with Gasteiger partial charge in [-0.05, 0) is 0 Å². The second kappa shape index (κ2) is 5.51. The van der Waals surface area contributed by atoms with Crippen molar-refractivity contribution >= 4 is 28.1 Å². The third-order valence-electron chi connectivity index (χ3n) is 2.20. The molecule has 0 aliphatic carbocycles. The molecule has 17 heavy (non-hydrogen) atoms. The molecule has 0 saturated heterocycles. The summed E-state index contributed by atoms with van der Waals surface area (Å²) < 4.78 is 2.58. The molecule has 2 aromatic carbocycles. The Balaban J connectivity index is 2.14. The number of nitriles is 2.